The van der Waals surface area contributed by atoms with Gasteiger partial charge in [0.1, 0.15) is 0 Å². The number of fused-ring (bicyclic) bond motifs is 1. The molecule has 106 valence electrons. The van der Waals surface area contributed by atoms with Crippen LogP contribution in [0.2, 0.25) is 0 Å². The lowest BCUT2D eigenvalue weighted by atomic mass is 10.2. The SMILES string of the molecule is O=c1[nH]c(=O)c2cc(S(=O)(=O)N3CCCC3)ccc2[nH]1. The molecule has 0 amide bonds. The van der Waals surface area contributed by atoms with Crippen molar-refractivity contribution in [2.24, 2.45) is 0 Å². The molecule has 7 nitrogen and oxygen atoms in total. The van der Waals surface area contributed by atoms with Crippen LogP contribution in [0.3, 0.4) is 0 Å². The first-order valence-corrected chi connectivity index (χ1v) is 7.69. The number of hydrogen-bond donors (Lipinski definition) is 2. The minimum absolute atomic E-state index is 0.0736. The summed E-state index contributed by atoms with van der Waals surface area (Å²) < 4.78 is 26.2. The summed E-state index contributed by atoms with van der Waals surface area (Å²) in [4.78, 5) is 27.5. The quantitative estimate of drug-likeness (QED) is 0.814. The van der Waals surface area contributed by atoms with Crippen molar-refractivity contribution in [2.45, 2.75) is 17.7 Å². The van der Waals surface area contributed by atoms with Crippen molar-refractivity contribution >= 4 is 20.9 Å². The van der Waals surface area contributed by atoms with E-state index in [1.807, 2.05) is 0 Å². The molecule has 1 aliphatic rings. The third-order valence-corrected chi connectivity index (χ3v) is 5.31. The van der Waals surface area contributed by atoms with E-state index in [9.17, 15) is 18.0 Å². The predicted molar refractivity (Wildman–Crippen MR) is 73.2 cm³/mol. The fraction of sp³-hybridized carbons (Fsp3) is 0.333. The molecule has 0 atom stereocenters. The van der Waals surface area contributed by atoms with Crippen LogP contribution in [0.25, 0.3) is 10.9 Å². The predicted octanol–water partition coefficient (Wildman–Crippen LogP) is 0.000900. The highest BCUT2D eigenvalue weighted by Gasteiger charge is 2.27. The van der Waals surface area contributed by atoms with Gasteiger partial charge in [-0.1, -0.05) is 0 Å². The summed E-state index contributed by atoms with van der Waals surface area (Å²) in [6, 6.07) is 4.15. The van der Waals surface area contributed by atoms with Crippen LogP contribution >= 0.6 is 0 Å². The zero-order valence-electron chi connectivity index (χ0n) is 10.5. The molecular weight excluding hydrogens is 282 g/mol. The van der Waals surface area contributed by atoms with Crippen LogP contribution in [-0.2, 0) is 10.0 Å². The number of aromatic amines is 2. The first-order chi connectivity index (χ1) is 9.48. The van der Waals surface area contributed by atoms with Crippen LogP contribution in [0.4, 0.5) is 0 Å². The van der Waals surface area contributed by atoms with Crippen molar-refractivity contribution in [3.05, 3.63) is 39.0 Å². The molecule has 20 heavy (non-hydrogen) atoms. The minimum Gasteiger partial charge on any atom is -0.307 e. The number of nitrogens with zero attached hydrogens (tertiary/aromatic N) is 1. The van der Waals surface area contributed by atoms with Gasteiger partial charge in [-0.2, -0.15) is 4.31 Å². The number of nitrogens with one attached hydrogen (secondary N) is 2. The maximum absolute atomic E-state index is 12.4. The van der Waals surface area contributed by atoms with Crippen LogP contribution in [-0.4, -0.2) is 35.8 Å². The molecule has 1 aromatic heterocycles. The molecule has 3 rings (SSSR count). The molecule has 1 aromatic carbocycles. The smallest absolute Gasteiger partial charge is 0.307 e. The minimum atomic E-state index is -3.57. The lowest BCUT2D eigenvalue weighted by Gasteiger charge is -2.15. The van der Waals surface area contributed by atoms with Gasteiger partial charge in [0, 0.05) is 13.1 Å². The molecule has 1 saturated heterocycles. The number of rotatable bonds is 2. The van der Waals surface area contributed by atoms with Crippen LogP contribution in [0.1, 0.15) is 12.8 Å². The summed E-state index contributed by atoms with van der Waals surface area (Å²) >= 11 is 0. The standard InChI is InChI=1S/C12H13N3O4S/c16-11-9-7-8(3-4-10(9)13-12(17)14-11)20(18,19)15-5-1-2-6-15/h3-4,7H,1-2,5-6H2,(H2,13,14,16,17). The third-order valence-electron chi connectivity index (χ3n) is 3.41. The number of H-pyrrole nitrogens is 2. The maximum Gasteiger partial charge on any atom is 0.326 e. The molecule has 2 N–H and O–H groups in total. The Morgan fingerprint density at radius 3 is 2.45 bits per heavy atom. The van der Waals surface area contributed by atoms with E-state index in [2.05, 4.69) is 9.97 Å². The molecule has 0 bridgehead atoms. The van der Waals surface area contributed by atoms with Crippen LogP contribution in [0.5, 0.6) is 0 Å². The van der Waals surface area contributed by atoms with E-state index in [4.69, 9.17) is 0 Å². The second-order valence-corrected chi connectivity index (χ2v) is 6.66. The average molecular weight is 295 g/mol. The Morgan fingerprint density at radius 2 is 1.75 bits per heavy atom. The Labute approximate surface area is 114 Å². The first kappa shape index (κ1) is 13.1. The molecule has 2 aromatic rings. The molecular formula is C12H13N3O4S. The van der Waals surface area contributed by atoms with Crippen LogP contribution in [0.15, 0.2) is 32.7 Å². The molecule has 0 radical (unpaired) electrons. The van der Waals surface area contributed by atoms with E-state index >= 15 is 0 Å². The second kappa shape index (κ2) is 4.57. The zero-order valence-corrected chi connectivity index (χ0v) is 11.4. The van der Waals surface area contributed by atoms with Crippen molar-refractivity contribution in [3.63, 3.8) is 0 Å². The van der Waals surface area contributed by atoms with Crippen molar-refractivity contribution in [1.82, 2.24) is 14.3 Å². The monoisotopic (exact) mass is 295 g/mol. The Hall–Kier alpha value is -1.93. The van der Waals surface area contributed by atoms with Crippen molar-refractivity contribution < 1.29 is 8.42 Å². The van der Waals surface area contributed by atoms with E-state index in [0.29, 0.717) is 18.6 Å². The lowest BCUT2D eigenvalue weighted by molar-refractivity contribution is 0.477. The molecule has 1 aliphatic heterocycles. The molecule has 1 fully saturated rings. The topological polar surface area (TPSA) is 103 Å². The lowest BCUT2D eigenvalue weighted by Crippen LogP contribution is -2.28. The Bertz CT molecular complexity index is 875. The van der Waals surface area contributed by atoms with E-state index in [0.717, 1.165) is 12.8 Å². The van der Waals surface area contributed by atoms with Crippen molar-refractivity contribution in [1.29, 1.82) is 0 Å². The van der Waals surface area contributed by atoms with E-state index in [1.54, 1.807) is 0 Å². The zero-order chi connectivity index (χ0) is 14.3. The fourth-order valence-corrected chi connectivity index (χ4v) is 3.93. The summed E-state index contributed by atoms with van der Waals surface area (Å²) in [5.74, 6) is 0. The largest absolute Gasteiger partial charge is 0.326 e. The van der Waals surface area contributed by atoms with Gasteiger partial charge in [0.25, 0.3) is 5.56 Å². The summed E-state index contributed by atoms with van der Waals surface area (Å²) in [5, 5.41) is 0.157. The number of aromatic nitrogens is 2. The Kier molecular flexibility index (Phi) is 2.98. The van der Waals surface area contributed by atoms with Crippen LogP contribution in [0, 0.1) is 0 Å². The average Bonchev–Trinajstić information content (AvgIpc) is 2.92. The van der Waals surface area contributed by atoms with Gasteiger partial charge in [0.2, 0.25) is 10.0 Å². The molecule has 2 heterocycles. The normalized spacial score (nSPS) is 16.8. The van der Waals surface area contributed by atoms with Crippen molar-refractivity contribution in [2.75, 3.05) is 13.1 Å². The fourth-order valence-electron chi connectivity index (χ4n) is 2.38. The van der Waals surface area contributed by atoms with Gasteiger partial charge in [0.05, 0.1) is 15.8 Å². The molecule has 0 spiro atoms. The molecule has 0 unspecified atom stereocenters. The Morgan fingerprint density at radius 1 is 1.05 bits per heavy atom. The molecule has 0 saturated carbocycles. The summed E-state index contributed by atoms with van der Waals surface area (Å²) in [6.07, 6.45) is 1.70. The summed E-state index contributed by atoms with van der Waals surface area (Å²) in [7, 11) is -3.57. The first-order valence-electron chi connectivity index (χ1n) is 6.25. The summed E-state index contributed by atoms with van der Waals surface area (Å²) in [5.41, 5.74) is -0.890. The molecule has 0 aliphatic carbocycles. The highest BCUT2D eigenvalue weighted by atomic mass is 32.2. The number of sulfonamides is 1. The highest BCUT2D eigenvalue weighted by molar-refractivity contribution is 7.89. The van der Waals surface area contributed by atoms with Crippen molar-refractivity contribution in [3.8, 4) is 0 Å². The highest BCUT2D eigenvalue weighted by Crippen LogP contribution is 2.22. The maximum atomic E-state index is 12.4. The molecule has 8 heteroatoms. The van der Waals surface area contributed by atoms with Gasteiger partial charge in [-0.05, 0) is 31.0 Å². The van der Waals surface area contributed by atoms with Gasteiger partial charge in [-0.3, -0.25) is 9.78 Å². The van der Waals surface area contributed by atoms with Gasteiger partial charge in [0.15, 0.2) is 0 Å². The van der Waals surface area contributed by atoms with Gasteiger partial charge in [-0.25, -0.2) is 13.2 Å². The van der Waals surface area contributed by atoms with Gasteiger partial charge >= 0.3 is 5.69 Å². The second-order valence-electron chi connectivity index (χ2n) is 4.73. The number of hydrogen-bond acceptors (Lipinski definition) is 4. The van der Waals surface area contributed by atoms with Crippen LogP contribution < -0.4 is 11.2 Å². The van der Waals surface area contributed by atoms with E-state index in [-0.39, 0.29) is 10.3 Å². The van der Waals surface area contributed by atoms with E-state index in [1.165, 1.54) is 22.5 Å². The third kappa shape index (κ3) is 2.06. The Balaban J connectivity index is 2.18. The van der Waals surface area contributed by atoms with Gasteiger partial charge in [-0.15, -0.1) is 0 Å². The summed E-state index contributed by atoms with van der Waals surface area (Å²) in [6.45, 7) is 1.00. The van der Waals surface area contributed by atoms with Gasteiger partial charge < -0.3 is 4.98 Å². The number of benzene rings is 1. The van der Waals surface area contributed by atoms with E-state index < -0.39 is 21.3 Å².